The van der Waals surface area contributed by atoms with Crippen molar-refractivity contribution in [1.82, 2.24) is 0 Å². The Hall–Kier alpha value is -1.33. The SMILES string of the molecule is NC(=NCc1cc(Br)cs1)Nc1ccccc1. The highest BCUT2D eigenvalue weighted by molar-refractivity contribution is 9.10. The van der Waals surface area contributed by atoms with Crippen LogP contribution in [-0.2, 0) is 6.54 Å². The number of rotatable bonds is 3. The molecule has 5 heteroatoms. The second-order valence-corrected chi connectivity index (χ2v) is 5.34. The minimum atomic E-state index is 0.431. The number of halogens is 1. The van der Waals surface area contributed by atoms with Crippen molar-refractivity contribution in [1.29, 1.82) is 0 Å². The molecule has 0 radical (unpaired) electrons. The Bertz CT molecular complexity index is 507. The molecule has 1 aromatic carbocycles. The highest BCUT2D eigenvalue weighted by Gasteiger charge is 1.97. The van der Waals surface area contributed by atoms with Crippen LogP contribution >= 0.6 is 27.3 Å². The fraction of sp³-hybridized carbons (Fsp3) is 0.0833. The number of nitrogens with one attached hydrogen (secondary N) is 1. The molecular formula is C12H12BrN3S. The molecule has 2 aromatic rings. The molecule has 17 heavy (non-hydrogen) atoms. The first-order valence-electron chi connectivity index (χ1n) is 5.09. The highest BCUT2D eigenvalue weighted by Crippen LogP contribution is 2.20. The molecule has 0 aliphatic heterocycles. The van der Waals surface area contributed by atoms with Gasteiger partial charge in [0, 0.05) is 20.4 Å². The molecule has 0 atom stereocenters. The second-order valence-electron chi connectivity index (χ2n) is 3.42. The molecule has 0 saturated carbocycles. The summed E-state index contributed by atoms with van der Waals surface area (Å²) in [5.74, 6) is 0.431. The van der Waals surface area contributed by atoms with Crippen molar-refractivity contribution in [2.75, 3.05) is 5.32 Å². The predicted octanol–water partition coefficient (Wildman–Crippen LogP) is 3.44. The van der Waals surface area contributed by atoms with E-state index in [0.717, 1.165) is 10.2 Å². The second kappa shape index (κ2) is 5.84. The van der Waals surface area contributed by atoms with Gasteiger partial charge in [0.05, 0.1) is 6.54 Å². The highest BCUT2D eigenvalue weighted by atomic mass is 79.9. The fourth-order valence-electron chi connectivity index (χ4n) is 1.31. The number of benzene rings is 1. The Balaban J connectivity index is 1.94. The lowest BCUT2D eigenvalue weighted by molar-refractivity contribution is 1.09. The molecule has 3 N–H and O–H groups in total. The quantitative estimate of drug-likeness (QED) is 0.674. The molecule has 0 fully saturated rings. The van der Waals surface area contributed by atoms with Crippen molar-refractivity contribution < 1.29 is 0 Å². The summed E-state index contributed by atoms with van der Waals surface area (Å²) in [5.41, 5.74) is 6.74. The zero-order valence-corrected chi connectivity index (χ0v) is 11.5. The first-order chi connectivity index (χ1) is 8.24. The monoisotopic (exact) mass is 309 g/mol. The van der Waals surface area contributed by atoms with Crippen LogP contribution in [0.5, 0.6) is 0 Å². The lowest BCUT2D eigenvalue weighted by atomic mass is 10.3. The van der Waals surface area contributed by atoms with Crippen LogP contribution in [0.3, 0.4) is 0 Å². The van der Waals surface area contributed by atoms with E-state index in [1.165, 1.54) is 4.88 Å². The number of thiophene rings is 1. The third-order valence-corrected chi connectivity index (χ3v) is 3.76. The van der Waals surface area contributed by atoms with Gasteiger partial charge in [-0.15, -0.1) is 11.3 Å². The van der Waals surface area contributed by atoms with Gasteiger partial charge in [-0.25, -0.2) is 4.99 Å². The van der Waals surface area contributed by atoms with Crippen LogP contribution in [-0.4, -0.2) is 5.96 Å². The Morgan fingerprint density at radius 3 is 2.76 bits per heavy atom. The maximum atomic E-state index is 5.79. The van der Waals surface area contributed by atoms with Crippen LogP contribution in [0.15, 0.2) is 51.2 Å². The van der Waals surface area contributed by atoms with Gasteiger partial charge in [-0.05, 0) is 34.1 Å². The Labute approximate surface area is 113 Å². The van der Waals surface area contributed by atoms with Crippen molar-refractivity contribution in [3.8, 4) is 0 Å². The van der Waals surface area contributed by atoms with E-state index in [0.29, 0.717) is 12.5 Å². The minimum Gasteiger partial charge on any atom is -0.370 e. The number of hydrogen-bond donors (Lipinski definition) is 2. The van der Waals surface area contributed by atoms with Gasteiger partial charge in [-0.1, -0.05) is 18.2 Å². The van der Waals surface area contributed by atoms with E-state index in [-0.39, 0.29) is 0 Å². The van der Waals surface area contributed by atoms with Crippen LogP contribution in [0.25, 0.3) is 0 Å². The standard InChI is InChI=1S/C12H12BrN3S/c13-9-6-11(17-8-9)7-15-12(14)16-10-4-2-1-3-5-10/h1-6,8H,7H2,(H3,14,15,16). The Morgan fingerprint density at radius 2 is 2.12 bits per heavy atom. The smallest absolute Gasteiger partial charge is 0.193 e. The first kappa shape index (κ1) is 12.1. The normalized spacial score (nSPS) is 11.5. The zero-order chi connectivity index (χ0) is 12.1. The molecule has 2 rings (SSSR count). The maximum absolute atomic E-state index is 5.79. The van der Waals surface area contributed by atoms with Crippen LogP contribution < -0.4 is 11.1 Å². The molecule has 0 saturated heterocycles. The molecule has 1 aromatic heterocycles. The molecule has 1 heterocycles. The lowest BCUT2D eigenvalue weighted by Crippen LogP contribution is -2.22. The van der Waals surface area contributed by atoms with Gasteiger partial charge in [0.25, 0.3) is 0 Å². The summed E-state index contributed by atoms with van der Waals surface area (Å²) in [6.45, 7) is 0.599. The average Bonchev–Trinajstić information content (AvgIpc) is 2.74. The van der Waals surface area contributed by atoms with Gasteiger partial charge in [0.2, 0.25) is 0 Å². The van der Waals surface area contributed by atoms with Crippen molar-refractivity contribution >= 4 is 38.9 Å². The molecule has 0 aliphatic rings. The van der Waals surface area contributed by atoms with Gasteiger partial charge in [0.1, 0.15) is 0 Å². The number of nitrogens with two attached hydrogens (primary N) is 1. The van der Waals surface area contributed by atoms with Crippen LogP contribution in [0.2, 0.25) is 0 Å². The third kappa shape index (κ3) is 3.87. The van der Waals surface area contributed by atoms with Crippen molar-refractivity contribution in [3.05, 3.63) is 51.1 Å². The van der Waals surface area contributed by atoms with Gasteiger partial charge in [0.15, 0.2) is 5.96 Å². The number of guanidine groups is 1. The molecule has 0 unspecified atom stereocenters. The van der Waals surface area contributed by atoms with E-state index in [9.17, 15) is 0 Å². The summed E-state index contributed by atoms with van der Waals surface area (Å²) in [7, 11) is 0. The maximum Gasteiger partial charge on any atom is 0.193 e. The predicted molar refractivity (Wildman–Crippen MR) is 77.4 cm³/mol. The van der Waals surface area contributed by atoms with E-state index in [1.807, 2.05) is 41.8 Å². The summed E-state index contributed by atoms with van der Waals surface area (Å²) < 4.78 is 1.09. The van der Waals surface area contributed by atoms with Crippen molar-refractivity contribution in [2.24, 2.45) is 10.7 Å². The third-order valence-electron chi connectivity index (χ3n) is 2.07. The topological polar surface area (TPSA) is 50.4 Å². The molecule has 0 amide bonds. The van der Waals surface area contributed by atoms with Crippen LogP contribution in [0.4, 0.5) is 5.69 Å². The lowest BCUT2D eigenvalue weighted by Gasteiger charge is -2.04. The van der Waals surface area contributed by atoms with E-state index < -0.39 is 0 Å². The summed E-state index contributed by atoms with van der Waals surface area (Å²) in [4.78, 5) is 5.45. The molecular weight excluding hydrogens is 298 g/mol. The number of hydrogen-bond acceptors (Lipinski definition) is 2. The van der Waals surface area contributed by atoms with Gasteiger partial charge >= 0.3 is 0 Å². The molecule has 0 bridgehead atoms. The number of para-hydroxylation sites is 1. The summed E-state index contributed by atoms with van der Waals surface area (Å²) in [6, 6.07) is 11.8. The summed E-state index contributed by atoms with van der Waals surface area (Å²) in [6.07, 6.45) is 0. The Morgan fingerprint density at radius 1 is 1.35 bits per heavy atom. The minimum absolute atomic E-state index is 0.431. The number of aliphatic imine (C=N–C) groups is 1. The molecule has 3 nitrogen and oxygen atoms in total. The van der Waals surface area contributed by atoms with Crippen LogP contribution in [0.1, 0.15) is 4.88 Å². The zero-order valence-electron chi connectivity index (χ0n) is 9.06. The summed E-state index contributed by atoms with van der Waals surface area (Å²) >= 11 is 5.07. The average molecular weight is 310 g/mol. The van der Waals surface area contributed by atoms with E-state index in [4.69, 9.17) is 5.73 Å². The van der Waals surface area contributed by atoms with E-state index in [2.05, 4.69) is 26.2 Å². The van der Waals surface area contributed by atoms with Crippen molar-refractivity contribution in [3.63, 3.8) is 0 Å². The van der Waals surface area contributed by atoms with Crippen molar-refractivity contribution in [2.45, 2.75) is 6.54 Å². The fourth-order valence-corrected chi connectivity index (χ4v) is 2.68. The Kier molecular flexibility index (Phi) is 4.17. The first-order valence-corrected chi connectivity index (χ1v) is 6.76. The number of anilines is 1. The van der Waals surface area contributed by atoms with Gasteiger partial charge < -0.3 is 11.1 Å². The number of nitrogens with zero attached hydrogens (tertiary/aromatic N) is 1. The van der Waals surface area contributed by atoms with E-state index >= 15 is 0 Å². The molecule has 0 spiro atoms. The molecule has 0 aliphatic carbocycles. The van der Waals surface area contributed by atoms with Gasteiger partial charge in [-0.3, -0.25) is 0 Å². The summed E-state index contributed by atoms with van der Waals surface area (Å²) in [5, 5.41) is 5.07. The van der Waals surface area contributed by atoms with E-state index in [1.54, 1.807) is 11.3 Å². The van der Waals surface area contributed by atoms with Crippen LogP contribution in [0, 0.1) is 0 Å². The largest absolute Gasteiger partial charge is 0.370 e. The van der Waals surface area contributed by atoms with Gasteiger partial charge in [-0.2, -0.15) is 0 Å². The molecule has 88 valence electrons.